The summed E-state index contributed by atoms with van der Waals surface area (Å²) in [5.74, 6) is -1.32. The molecule has 0 aliphatic heterocycles. The zero-order valence-electron chi connectivity index (χ0n) is 6.65. The van der Waals surface area contributed by atoms with Gasteiger partial charge >= 0.3 is 6.18 Å². The third-order valence-electron chi connectivity index (χ3n) is 1.47. The van der Waals surface area contributed by atoms with Crippen LogP contribution >= 0.6 is 0 Å². The van der Waals surface area contributed by atoms with E-state index in [1.165, 1.54) is 0 Å². The van der Waals surface area contributed by atoms with E-state index in [2.05, 4.69) is 4.74 Å². The summed E-state index contributed by atoms with van der Waals surface area (Å²) < 4.78 is 53.4. The summed E-state index contributed by atoms with van der Waals surface area (Å²) in [6, 6.07) is 2.26. The van der Waals surface area contributed by atoms with Gasteiger partial charge in [-0.3, -0.25) is 0 Å². The molecule has 72 valence electrons. The summed E-state index contributed by atoms with van der Waals surface area (Å²) in [4.78, 5) is 0. The van der Waals surface area contributed by atoms with Crippen molar-refractivity contribution < 1.29 is 22.3 Å². The average molecular weight is 194 g/mol. The Labute approximate surface area is 71.9 Å². The Morgan fingerprint density at radius 2 is 1.85 bits per heavy atom. The maximum Gasteiger partial charge on any atom is 0.420 e. The third kappa shape index (κ3) is 2.11. The summed E-state index contributed by atoms with van der Waals surface area (Å²) in [7, 11) is 1.10. The fourth-order valence-corrected chi connectivity index (χ4v) is 0.902. The van der Waals surface area contributed by atoms with E-state index in [1.54, 1.807) is 0 Å². The van der Waals surface area contributed by atoms with E-state index in [9.17, 15) is 17.6 Å². The maximum atomic E-state index is 12.5. The smallest absolute Gasteiger partial charge is 0.420 e. The summed E-state index contributed by atoms with van der Waals surface area (Å²) in [6.45, 7) is 0. The molecule has 0 saturated heterocycles. The average Bonchev–Trinajstić information content (AvgIpc) is 2.03. The second-order valence-corrected chi connectivity index (χ2v) is 2.34. The van der Waals surface area contributed by atoms with E-state index >= 15 is 0 Å². The van der Waals surface area contributed by atoms with Crippen molar-refractivity contribution in [2.24, 2.45) is 0 Å². The topological polar surface area (TPSA) is 9.23 Å². The Morgan fingerprint density at radius 1 is 1.23 bits per heavy atom. The van der Waals surface area contributed by atoms with Gasteiger partial charge in [0.25, 0.3) is 0 Å². The van der Waals surface area contributed by atoms with Gasteiger partial charge in [0.15, 0.2) is 0 Å². The van der Waals surface area contributed by atoms with E-state index in [-0.39, 0.29) is 5.75 Å². The van der Waals surface area contributed by atoms with Crippen LogP contribution in [0.2, 0.25) is 0 Å². The molecular weight excluding hydrogens is 188 g/mol. The van der Waals surface area contributed by atoms with Crippen molar-refractivity contribution in [1.82, 2.24) is 0 Å². The monoisotopic (exact) mass is 194 g/mol. The molecule has 1 nitrogen and oxygen atoms in total. The number of rotatable bonds is 1. The van der Waals surface area contributed by atoms with Crippen LogP contribution in [0.4, 0.5) is 17.6 Å². The minimum atomic E-state index is -4.59. The summed E-state index contributed by atoms with van der Waals surface area (Å²) in [5.41, 5.74) is -1.10. The number of methoxy groups -OCH3 is 1. The van der Waals surface area contributed by atoms with Crippen molar-refractivity contribution in [3.8, 4) is 5.75 Å². The predicted molar refractivity (Wildman–Crippen MR) is 38.0 cm³/mol. The maximum absolute atomic E-state index is 12.5. The lowest BCUT2D eigenvalue weighted by Crippen LogP contribution is -2.07. The van der Waals surface area contributed by atoms with Crippen LogP contribution in [-0.2, 0) is 6.18 Å². The Kier molecular flexibility index (Phi) is 2.45. The van der Waals surface area contributed by atoms with Gasteiger partial charge in [0.05, 0.1) is 7.11 Å². The fraction of sp³-hybridized carbons (Fsp3) is 0.250. The minimum absolute atomic E-state index is 0.381. The molecule has 0 unspecified atom stereocenters. The lowest BCUT2D eigenvalue weighted by atomic mass is 10.2. The SMILES string of the molecule is COc1ccc(F)cc1C(F)(F)F. The van der Waals surface area contributed by atoms with Crippen LogP contribution in [0.1, 0.15) is 5.56 Å². The largest absolute Gasteiger partial charge is 0.496 e. The molecule has 1 rings (SSSR count). The number of benzene rings is 1. The first kappa shape index (κ1) is 9.83. The highest BCUT2D eigenvalue weighted by Crippen LogP contribution is 2.36. The lowest BCUT2D eigenvalue weighted by Gasteiger charge is -2.10. The van der Waals surface area contributed by atoms with Crippen LogP contribution in [0, 0.1) is 5.82 Å². The predicted octanol–water partition coefficient (Wildman–Crippen LogP) is 2.85. The van der Waals surface area contributed by atoms with E-state index in [1.807, 2.05) is 0 Å². The molecule has 0 atom stereocenters. The summed E-state index contributed by atoms with van der Waals surface area (Å²) >= 11 is 0. The highest BCUT2D eigenvalue weighted by molar-refractivity contribution is 5.35. The first-order chi connectivity index (χ1) is 5.95. The Hall–Kier alpha value is -1.26. The van der Waals surface area contributed by atoms with Gasteiger partial charge in [0, 0.05) is 0 Å². The summed E-state index contributed by atoms with van der Waals surface area (Å²) in [5, 5.41) is 0. The third-order valence-corrected chi connectivity index (χ3v) is 1.47. The molecule has 0 N–H and O–H groups in total. The molecule has 13 heavy (non-hydrogen) atoms. The first-order valence-electron chi connectivity index (χ1n) is 3.36. The van der Waals surface area contributed by atoms with Crippen molar-refractivity contribution in [1.29, 1.82) is 0 Å². The van der Waals surface area contributed by atoms with E-state index in [4.69, 9.17) is 0 Å². The number of hydrogen-bond acceptors (Lipinski definition) is 1. The Bertz CT molecular complexity index is 306. The highest BCUT2D eigenvalue weighted by atomic mass is 19.4. The molecule has 0 spiro atoms. The van der Waals surface area contributed by atoms with Gasteiger partial charge in [-0.15, -0.1) is 0 Å². The molecule has 5 heteroatoms. The van der Waals surface area contributed by atoms with Crippen molar-refractivity contribution in [2.75, 3.05) is 7.11 Å². The zero-order chi connectivity index (χ0) is 10.1. The van der Waals surface area contributed by atoms with Crippen molar-refractivity contribution in [3.63, 3.8) is 0 Å². The van der Waals surface area contributed by atoms with Crippen LogP contribution < -0.4 is 4.74 Å². The van der Waals surface area contributed by atoms with Gasteiger partial charge in [-0.1, -0.05) is 0 Å². The number of alkyl halides is 3. The van der Waals surface area contributed by atoms with Gasteiger partial charge in [-0.05, 0) is 18.2 Å². The van der Waals surface area contributed by atoms with Crippen molar-refractivity contribution in [3.05, 3.63) is 29.6 Å². The summed E-state index contributed by atoms with van der Waals surface area (Å²) in [6.07, 6.45) is -4.59. The highest BCUT2D eigenvalue weighted by Gasteiger charge is 2.34. The number of hydrogen-bond donors (Lipinski definition) is 0. The molecule has 0 fully saturated rings. The van der Waals surface area contributed by atoms with Gasteiger partial charge in [-0.2, -0.15) is 13.2 Å². The first-order valence-corrected chi connectivity index (χ1v) is 3.36. The molecule has 1 aromatic carbocycles. The van der Waals surface area contributed by atoms with Crippen LogP contribution in [0.5, 0.6) is 5.75 Å². The van der Waals surface area contributed by atoms with Crippen LogP contribution in [0.15, 0.2) is 18.2 Å². The van der Waals surface area contributed by atoms with E-state index < -0.39 is 17.6 Å². The Balaban J connectivity index is 3.24. The standard InChI is InChI=1S/C8H6F4O/c1-13-7-3-2-5(9)4-6(7)8(10,11)12/h2-4H,1H3. The zero-order valence-corrected chi connectivity index (χ0v) is 6.65. The minimum Gasteiger partial charge on any atom is -0.496 e. The quantitative estimate of drug-likeness (QED) is 0.624. The van der Waals surface area contributed by atoms with Gasteiger partial charge < -0.3 is 4.74 Å². The van der Waals surface area contributed by atoms with Gasteiger partial charge in [-0.25, -0.2) is 4.39 Å². The second kappa shape index (κ2) is 3.24. The van der Waals surface area contributed by atoms with Crippen LogP contribution in [0.25, 0.3) is 0 Å². The fourth-order valence-electron chi connectivity index (χ4n) is 0.902. The molecule has 0 amide bonds. The van der Waals surface area contributed by atoms with E-state index in [0.717, 1.165) is 19.2 Å². The molecule has 0 aliphatic rings. The molecular formula is C8H6F4O. The molecule has 0 bridgehead atoms. The molecule has 0 radical (unpaired) electrons. The lowest BCUT2D eigenvalue weighted by molar-refractivity contribution is -0.138. The number of halogens is 4. The van der Waals surface area contributed by atoms with E-state index in [0.29, 0.717) is 6.07 Å². The normalized spacial score (nSPS) is 11.5. The molecule has 0 aromatic heterocycles. The molecule has 0 aliphatic carbocycles. The second-order valence-electron chi connectivity index (χ2n) is 2.34. The van der Waals surface area contributed by atoms with Crippen molar-refractivity contribution >= 4 is 0 Å². The Morgan fingerprint density at radius 3 is 2.31 bits per heavy atom. The van der Waals surface area contributed by atoms with Crippen LogP contribution in [0.3, 0.4) is 0 Å². The number of ether oxygens (including phenoxy) is 1. The van der Waals surface area contributed by atoms with Gasteiger partial charge in [0.2, 0.25) is 0 Å². The molecule has 1 aromatic rings. The van der Waals surface area contributed by atoms with Gasteiger partial charge in [0.1, 0.15) is 17.1 Å². The molecule has 0 heterocycles. The van der Waals surface area contributed by atoms with Crippen LogP contribution in [-0.4, -0.2) is 7.11 Å². The van der Waals surface area contributed by atoms with Crippen molar-refractivity contribution in [2.45, 2.75) is 6.18 Å². The molecule has 0 saturated carbocycles.